The lowest BCUT2D eigenvalue weighted by molar-refractivity contribution is 1.02. The smallest absolute Gasteiger partial charge is 0.0303 e. The lowest BCUT2D eigenvalue weighted by Crippen LogP contribution is -1.79. The highest BCUT2D eigenvalue weighted by atomic mass is 14.0. The van der Waals surface area contributed by atoms with Crippen LogP contribution in [0.15, 0.2) is 36.0 Å². The minimum Gasteiger partial charge on any atom is -0.0842 e. The van der Waals surface area contributed by atoms with Crippen LogP contribution in [0.1, 0.15) is 26.2 Å². The molecule has 1 rings (SSSR count). The van der Waals surface area contributed by atoms with E-state index < -0.39 is 0 Å². The molecule has 0 amide bonds. The molecule has 0 aromatic carbocycles. The van der Waals surface area contributed by atoms with E-state index in [2.05, 4.69) is 37.3 Å². The molecule has 10 heavy (non-hydrogen) atoms. The Balaban J connectivity index is 2.47. The van der Waals surface area contributed by atoms with Crippen molar-refractivity contribution in [2.45, 2.75) is 26.2 Å². The van der Waals surface area contributed by atoms with Crippen molar-refractivity contribution in [3.8, 4) is 0 Å². The van der Waals surface area contributed by atoms with E-state index >= 15 is 0 Å². The second kappa shape index (κ2) is 4.10. The largest absolute Gasteiger partial charge is 0.0842 e. The summed E-state index contributed by atoms with van der Waals surface area (Å²) in [6.45, 7) is 2.16. The van der Waals surface area contributed by atoms with Gasteiger partial charge < -0.3 is 0 Å². The van der Waals surface area contributed by atoms with Crippen LogP contribution >= 0.6 is 0 Å². The number of hydrogen-bond acceptors (Lipinski definition) is 0. The highest BCUT2D eigenvalue weighted by molar-refractivity contribution is 5.32. The molecule has 1 aliphatic carbocycles. The van der Waals surface area contributed by atoms with Gasteiger partial charge in [-0.3, -0.25) is 0 Å². The van der Waals surface area contributed by atoms with E-state index in [4.69, 9.17) is 0 Å². The molecule has 0 heteroatoms. The van der Waals surface area contributed by atoms with Crippen molar-refractivity contribution in [3.05, 3.63) is 36.0 Å². The third-order valence-electron chi connectivity index (χ3n) is 1.57. The zero-order chi connectivity index (χ0) is 7.23. The average molecular weight is 134 g/mol. The summed E-state index contributed by atoms with van der Waals surface area (Å²) in [5, 5.41) is 0. The van der Waals surface area contributed by atoms with E-state index in [9.17, 15) is 0 Å². The molecule has 0 bridgehead atoms. The fourth-order valence-electron chi connectivity index (χ4n) is 1.01. The van der Waals surface area contributed by atoms with Crippen LogP contribution in [-0.2, 0) is 0 Å². The first kappa shape index (κ1) is 7.33. The third kappa shape index (κ3) is 2.22. The quantitative estimate of drug-likeness (QED) is 0.544. The molecule has 0 aromatic rings. The van der Waals surface area contributed by atoms with Crippen molar-refractivity contribution in [1.29, 1.82) is 0 Å². The number of rotatable bonds is 2. The first-order valence-corrected chi connectivity index (χ1v) is 3.96. The SMILES string of the molecule is CC/C=C\C1=CCCC=C1. The van der Waals surface area contributed by atoms with Crippen LogP contribution < -0.4 is 0 Å². The van der Waals surface area contributed by atoms with Gasteiger partial charge in [0.1, 0.15) is 0 Å². The molecular weight excluding hydrogens is 120 g/mol. The normalized spacial score (nSPS) is 17.9. The van der Waals surface area contributed by atoms with Crippen LogP contribution in [-0.4, -0.2) is 0 Å². The molecule has 0 fully saturated rings. The van der Waals surface area contributed by atoms with Gasteiger partial charge in [-0.15, -0.1) is 0 Å². The monoisotopic (exact) mass is 134 g/mol. The zero-order valence-corrected chi connectivity index (χ0v) is 6.51. The number of allylic oxidation sites excluding steroid dienone is 6. The van der Waals surface area contributed by atoms with Gasteiger partial charge in [0.25, 0.3) is 0 Å². The minimum absolute atomic E-state index is 1.13. The van der Waals surface area contributed by atoms with E-state index in [1.54, 1.807) is 0 Å². The molecule has 0 aromatic heterocycles. The first-order chi connectivity index (χ1) is 4.93. The van der Waals surface area contributed by atoms with Crippen LogP contribution in [0.4, 0.5) is 0 Å². The number of hydrogen-bond donors (Lipinski definition) is 0. The van der Waals surface area contributed by atoms with Crippen molar-refractivity contribution < 1.29 is 0 Å². The van der Waals surface area contributed by atoms with Crippen molar-refractivity contribution in [2.24, 2.45) is 0 Å². The molecule has 0 nitrogen and oxygen atoms in total. The fourth-order valence-corrected chi connectivity index (χ4v) is 1.01. The van der Waals surface area contributed by atoms with Crippen molar-refractivity contribution in [3.63, 3.8) is 0 Å². The summed E-state index contributed by atoms with van der Waals surface area (Å²) >= 11 is 0. The molecule has 0 saturated carbocycles. The Labute approximate surface area is 62.9 Å². The summed E-state index contributed by atoms with van der Waals surface area (Å²) in [6.07, 6.45) is 14.6. The molecule has 0 N–H and O–H groups in total. The summed E-state index contributed by atoms with van der Waals surface area (Å²) in [4.78, 5) is 0. The maximum Gasteiger partial charge on any atom is -0.0303 e. The van der Waals surface area contributed by atoms with Gasteiger partial charge in [0.2, 0.25) is 0 Å². The maximum atomic E-state index is 2.28. The summed E-state index contributed by atoms with van der Waals surface area (Å²) in [6, 6.07) is 0. The summed E-state index contributed by atoms with van der Waals surface area (Å²) in [7, 11) is 0. The summed E-state index contributed by atoms with van der Waals surface area (Å²) in [5.41, 5.74) is 1.37. The van der Waals surface area contributed by atoms with Crippen LogP contribution in [0.5, 0.6) is 0 Å². The molecule has 0 aliphatic heterocycles. The summed E-state index contributed by atoms with van der Waals surface area (Å²) < 4.78 is 0. The lowest BCUT2D eigenvalue weighted by Gasteiger charge is -1.99. The Morgan fingerprint density at radius 1 is 1.50 bits per heavy atom. The minimum atomic E-state index is 1.13. The van der Waals surface area contributed by atoms with Crippen LogP contribution in [0.2, 0.25) is 0 Å². The fraction of sp³-hybridized carbons (Fsp3) is 0.400. The molecule has 0 spiro atoms. The standard InChI is InChI=1S/C10H14/c1-2-3-7-10-8-5-4-6-9-10/h3,5,7-9H,2,4,6H2,1H3/b7-3-. The molecular formula is C10H14. The molecule has 0 heterocycles. The van der Waals surface area contributed by atoms with Crippen molar-refractivity contribution >= 4 is 0 Å². The summed E-state index contributed by atoms with van der Waals surface area (Å²) in [5.74, 6) is 0. The second-order valence-corrected chi connectivity index (χ2v) is 2.49. The van der Waals surface area contributed by atoms with Crippen LogP contribution in [0.3, 0.4) is 0 Å². The van der Waals surface area contributed by atoms with Gasteiger partial charge in [-0.1, -0.05) is 37.3 Å². The Bertz CT molecular complexity index is 170. The van der Waals surface area contributed by atoms with E-state index in [0.29, 0.717) is 0 Å². The van der Waals surface area contributed by atoms with Gasteiger partial charge in [0, 0.05) is 0 Å². The van der Waals surface area contributed by atoms with Gasteiger partial charge >= 0.3 is 0 Å². The average Bonchev–Trinajstić information content (AvgIpc) is 2.03. The van der Waals surface area contributed by atoms with Crippen molar-refractivity contribution in [1.82, 2.24) is 0 Å². The Kier molecular flexibility index (Phi) is 3.01. The van der Waals surface area contributed by atoms with E-state index in [0.717, 1.165) is 6.42 Å². The third-order valence-corrected chi connectivity index (χ3v) is 1.57. The van der Waals surface area contributed by atoms with Gasteiger partial charge in [-0.25, -0.2) is 0 Å². The first-order valence-electron chi connectivity index (χ1n) is 3.96. The zero-order valence-electron chi connectivity index (χ0n) is 6.51. The maximum absolute atomic E-state index is 2.28. The molecule has 1 aliphatic rings. The Morgan fingerprint density at radius 3 is 3.00 bits per heavy atom. The predicted molar refractivity (Wildman–Crippen MR) is 45.9 cm³/mol. The van der Waals surface area contributed by atoms with E-state index in [1.165, 1.54) is 18.4 Å². The van der Waals surface area contributed by atoms with Crippen molar-refractivity contribution in [2.75, 3.05) is 0 Å². The van der Waals surface area contributed by atoms with Gasteiger partial charge in [0.05, 0.1) is 0 Å². The highest BCUT2D eigenvalue weighted by Gasteiger charge is 1.90. The highest BCUT2D eigenvalue weighted by Crippen LogP contribution is 2.10. The molecule has 0 atom stereocenters. The lowest BCUT2D eigenvalue weighted by atomic mass is 10.1. The Morgan fingerprint density at radius 2 is 2.40 bits per heavy atom. The molecule has 0 saturated heterocycles. The van der Waals surface area contributed by atoms with E-state index in [1.807, 2.05) is 0 Å². The van der Waals surface area contributed by atoms with Gasteiger partial charge in [-0.2, -0.15) is 0 Å². The predicted octanol–water partition coefficient (Wildman–Crippen LogP) is 3.23. The molecule has 54 valence electrons. The van der Waals surface area contributed by atoms with Gasteiger partial charge in [0.15, 0.2) is 0 Å². The molecule has 0 radical (unpaired) electrons. The Hall–Kier alpha value is -0.780. The second-order valence-electron chi connectivity index (χ2n) is 2.49. The van der Waals surface area contributed by atoms with E-state index in [-0.39, 0.29) is 0 Å². The van der Waals surface area contributed by atoms with Crippen LogP contribution in [0, 0.1) is 0 Å². The van der Waals surface area contributed by atoms with Crippen LogP contribution in [0.25, 0.3) is 0 Å². The van der Waals surface area contributed by atoms with Gasteiger partial charge in [-0.05, 0) is 24.8 Å². The molecule has 0 unspecified atom stereocenters. The topological polar surface area (TPSA) is 0 Å².